The summed E-state index contributed by atoms with van der Waals surface area (Å²) in [4.78, 5) is 28.2. The van der Waals surface area contributed by atoms with Crippen molar-refractivity contribution in [3.63, 3.8) is 0 Å². The summed E-state index contributed by atoms with van der Waals surface area (Å²) in [5.41, 5.74) is 2.34. The van der Waals surface area contributed by atoms with Crippen molar-refractivity contribution in [3.8, 4) is 0 Å². The predicted molar refractivity (Wildman–Crippen MR) is 138 cm³/mol. The van der Waals surface area contributed by atoms with Gasteiger partial charge in [0.25, 0.3) is 0 Å². The monoisotopic (exact) mass is 500 g/mol. The Morgan fingerprint density at radius 1 is 1.00 bits per heavy atom. The standard InChI is InChI=1S/C26H36N4O4S/c1-20-14-16-22(17-15-20)18-29(21(2)26(32)27-23-10-8-9-11-23)25(31)19-30(35(33,34)28(3)4)24-12-6-5-7-13-24/h5-7,12-17,21,23H,8-11,18-19H2,1-4H3,(H,27,32)/t21-/m0/s1. The molecule has 0 bridgehead atoms. The summed E-state index contributed by atoms with van der Waals surface area (Å²) in [6.45, 7) is 3.46. The third-order valence-electron chi connectivity index (χ3n) is 6.41. The number of carbonyl (C=O) groups excluding carboxylic acids is 2. The molecule has 1 aliphatic carbocycles. The first-order chi connectivity index (χ1) is 16.6. The summed E-state index contributed by atoms with van der Waals surface area (Å²) in [7, 11) is -1.09. The summed E-state index contributed by atoms with van der Waals surface area (Å²) in [6, 6.07) is 15.6. The third kappa shape index (κ3) is 6.82. The summed E-state index contributed by atoms with van der Waals surface area (Å²) in [5, 5.41) is 3.07. The molecule has 1 atom stereocenters. The lowest BCUT2D eigenvalue weighted by Crippen LogP contribution is -2.53. The largest absolute Gasteiger partial charge is 0.352 e. The van der Waals surface area contributed by atoms with Gasteiger partial charge in [-0.1, -0.05) is 60.9 Å². The predicted octanol–water partition coefficient (Wildman–Crippen LogP) is 3.08. The Labute approximate surface area is 209 Å². The van der Waals surface area contributed by atoms with Gasteiger partial charge in [0.1, 0.15) is 12.6 Å². The highest BCUT2D eigenvalue weighted by Gasteiger charge is 2.33. The maximum atomic E-state index is 13.7. The Hall–Kier alpha value is -2.91. The van der Waals surface area contributed by atoms with Crippen LogP contribution in [0.5, 0.6) is 0 Å². The highest BCUT2D eigenvalue weighted by atomic mass is 32.2. The molecule has 9 heteroatoms. The number of aryl methyl sites for hydroxylation is 1. The van der Waals surface area contributed by atoms with Crippen molar-refractivity contribution in [2.45, 2.75) is 58.2 Å². The number of hydrogen-bond acceptors (Lipinski definition) is 4. The van der Waals surface area contributed by atoms with Crippen LogP contribution in [-0.4, -0.2) is 62.2 Å². The molecule has 0 radical (unpaired) electrons. The molecule has 8 nitrogen and oxygen atoms in total. The molecule has 1 saturated carbocycles. The van der Waals surface area contributed by atoms with E-state index in [9.17, 15) is 18.0 Å². The minimum absolute atomic E-state index is 0.121. The van der Waals surface area contributed by atoms with E-state index in [4.69, 9.17) is 0 Å². The minimum atomic E-state index is -3.95. The molecule has 0 aromatic heterocycles. The lowest BCUT2D eigenvalue weighted by Gasteiger charge is -2.33. The summed E-state index contributed by atoms with van der Waals surface area (Å²) in [5.74, 6) is -0.673. The third-order valence-corrected chi connectivity index (χ3v) is 8.23. The van der Waals surface area contributed by atoms with Gasteiger partial charge in [0, 0.05) is 26.7 Å². The molecular formula is C26H36N4O4S. The first kappa shape index (κ1) is 26.7. The van der Waals surface area contributed by atoms with Crippen LogP contribution in [0.3, 0.4) is 0 Å². The van der Waals surface area contributed by atoms with Crippen LogP contribution in [0.1, 0.15) is 43.7 Å². The highest BCUT2D eigenvalue weighted by molar-refractivity contribution is 7.90. The topological polar surface area (TPSA) is 90.0 Å². The van der Waals surface area contributed by atoms with Gasteiger partial charge in [-0.3, -0.25) is 9.59 Å². The van der Waals surface area contributed by atoms with Gasteiger partial charge in [-0.25, -0.2) is 4.31 Å². The van der Waals surface area contributed by atoms with Gasteiger partial charge in [-0.2, -0.15) is 12.7 Å². The number of para-hydroxylation sites is 1. The summed E-state index contributed by atoms with van der Waals surface area (Å²) in [6.07, 6.45) is 4.04. The normalized spacial score (nSPS) is 15.1. The SMILES string of the molecule is Cc1ccc(CN(C(=O)CN(c2ccccc2)S(=O)(=O)N(C)C)[C@@H](C)C(=O)NC2CCCC2)cc1. The highest BCUT2D eigenvalue weighted by Crippen LogP contribution is 2.21. The van der Waals surface area contributed by atoms with Crippen molar-refractivity contribution in [3.05, 3.63) is 65.7 Å². The average molecular weight is 501 g/mol. The first-order valence-corrected chi connectivity index (χ1v) is 13.4. The number of hydrogen-bond donors (Lipinski definition) is 1. The maximum absolute atomic E-state index is 13.7. The Morgan fingerprint density at radius 3 is 2.17 bits per heavy atom. The van der Waals surface area contributed by atoms with Crippen molar-refractivity contribution in [2.24, 2.45) is 0 Å². The van der Waals surface area contributed by atoms with Crippen LogP contribution in [0.2, 0.25) is 0 Å². The van der Waals surface area contributed by atoms with E-state index in [1.165, 1.54) is 19.0 Å². The number of carbonyl (C=O) groups is 2. The second kappa shape index (κ2) is 11.7. The van der Waals surface area contributed by atoms with E-state index in [0.29, 0.717) is 5.69 Å². The fourth-order valence-corrected chi connectivity index (χ4v) is 5.23. The maximum Gasteiger partial charge on any atom is 0.304 e. The fourth-order valence-electron chi connectivity index (χ4n) is 4.18. The van der Waals surface area contributed by atoms with E-state index in [1.807, 2.05) is 31.2 Å². The van der Waals surface area contributed by atoms with Crippen LogP contribution < -0.4 is 9.62 Å². The van der Waals surface area contributed by atoms with E-state index < -0.39 is 28.7 Å². The average Bonchev–Trinajstić information content (AvgIpc) is 3.35. The second-order valence-electron chi connectivity index (χ2n) is 9.31. The van der Waals surface area contributed by atoms with Gasteiger partial charge in [0.15, 0.2) is 0 Å². The minimum Gasteiger partial charge on any atom is -0.352 e. The summed E-state index contributed by atoms with van der Waals surface area (Å²) < 4.78 is 28.4. The molecule has 2 aromatic rings. The van der Waals surface area contributed by atoms with E-state index in [1.54, 1.807) is 37.3 Å². The van der Waals surface area contributed by atoms with Crippen LogP contribution in [0.15, 0.2) is 54.6 Å². The van der Waals surface area contributed by atoms with Crippen LogP contribution in [0.4, 0.5) is 5.69 Å². The van der Waals surface area contributed by atoms with E-state index in [2.05, 4.69) is 5.32 Å². The van der Waals surface area contributed by atoms with Crippen molar-refractivity contribution in [1.29, 1.82) is 0 Å². The van der Waals surface area contributed by atoms with Gasteiger partial charge >= 0.3 is 10.2 Å². The van der Waals surface area contributed by atoms with E-state index in [0.717, 1.165) is 45.4 Å². The van der Waals surface area contributed by atoms with Crippen molar-refractivity contribution < 1.29 is 18.0 Å². The number of amides is 2. The summed E-state index contributed by atoms with van der Waals surface area (Å²) >= 11 is 0. The molecule has 0 aliphatic heterocycles. The number of benzene rings is 2. The smallest absolute Gasteiger partial charge is 0.304 e. The molecule has 35 heavy (non-hydrogen) atoms. The molecular weight excluding hydrogens is 464 g/mol. The van der Waals surface area contributed by atoms with Gasteiger partial charge in [0.05, 0.1) is 5.69 Å². The van der Waals surface area contributed by atoms with Crippen molar-refractivity contribution in [2.75, 3.05) is 24.9 Å². The van der Waals surface area contributed by atoms with Crippen molar-refractivity contribution in [1.82, 2.24) is 14.5 Å². The molecule has 0 heterocycles. The molecule has 3 rings (SSSR count). The van der Waals surface area contributed by atoms with Gasteiger partial charge in [-0.05, 0) is 44.4 Å². The van der Waals surface area contributed by atoms with Crippen molar-refractivity contribution >= 4 is 27.7 Å². The molecule has 2 amide bonds. The van der Waals surface area contributed by atoms with Crippen LogP contribution in [-0.2, 0) is 26.3 Å². The molecule has 0 saturated heterocycles. The Kier molecular flexibility index (Phi) is 8.91. The zero-order chi connectivity index (χ0) is 25.6. The Morgan fingerprint density at radius 2 is 1.60 bits per heavy atom. The Bertz CT molecular complexity index is 1100. The fraction of sp³-hybridized carbons (Fsp3) is 0.462. The van der Waals surface area contributed by atoms with Gasteiger partial charge in [0.2, 0.25) is 11.8 Å². The zero-order valence-corrected chi connectivity index (χ0v) is 21.8. The molecule has 1 aliphatic rings. The van der Waals surface area contributed by atoms with Crippen LogP contribution in [0.25, 0.3) is 0 Å². The molecule has 0 spiro atoms. The Balaban J connectivity index is 1.89. The lowest BCUT2D eigenvalue weighted by molar-refractivity contribution is -0.139. The number of anilines is 1. The van der Waals surface area contributed by atoms with E-state index >= 15 is 0 Å². The molecule has 0 unspecified atom stereocenters. The van der Waals surface area contributed by atoms with Crippen LogP contribution >= 0.6 is 0 Å². The van der Waals surface area contributed by atoms with Gasteiger partial charge < -0.3 is 10.2 Å². The molecule has 2 aromatic carbocycles. The first-order valence-electron chi connectivity index (χ1n) is 12.0. The van der Waals surface area contributed by atoms with Gasteiger partial charge in [-0.15, -0.1) is 0 Å². The number of nitrogens with one attached hydrogen (secondary N) is 1. The van der Waals surface area contributed by atoms with E-state index in [-0.39, 0.29) is 18.5 Å². The molecule has 1 N–H and O–H groups in total. The zero-order valence-electron chi connectivity index (χ0n) is 21.0. The molecule has 1 fully saturated rings. The molecule has 190 valence electrons. The second-order valence-corrected chi connectivity index (χ2v) is 11.4. The lowest BCUT2D eigenvalue weighted by atomic mass is 10.1. The number of rotatable bonds is 10. The quantitative estimate of drug-likeness (QED) is 0.543. The number of nitrogens with zero attached hydrogens (tertiary/aromatic N) is 3. The van der Waals surface area contributed by atoms with Crippen LogP contribution in [0, 0.1) is 6.92 Å².